The van der Waals surface area contributed by atoms with Gasteiger partial charge in [-0.15, -0.1) is 6.58 Å². The maximum atomic E-state index is 11.8. The SMILES string of the molecule is C=CC(C)SC(=O)N(C)c1ccc(C)cc1. The monoisotopic (exact) mass is 235 g/mol. The molecule has 1 amide bonds. The molecule has 1 unspecified atom stereocenters. The minimum Gasteiger partial charge on any atom is -0.306 e. The van der Waals surface area contributed by atoms with Crippen molar-refractivity contribution >= 4 is 22.7 Å². The quantitative estimate of drug-likeness (QED) is 0.741. The van der Waals surface area contributed by atoms with Crippen LogP contribution in [0.1, 0.15) is 12.5 Å². The molecule has 0 N–H and O–H groups in total. The maximum Gasteiger partial charge on any atom is 0.286 e. The van der Waals surface area contributed by atoms with E-state index in [2.05, 4.69) is 6.58 Å². The van der Waals surface area contributed by atoms with Gasteiger partial charge in [-0.25, -0.2) is 0 Å². The third-order valence-electron chi connectivity index (χ3n) is 2.31. The fourth-order valence-corrected chi connectivity index (χ4v) is 1.84. The lowest BCUT2D eigenvalue weighted by Gasteiger charge is -2.18. The van der Waals surface area contributed by atoms with Gasteiger partial charge in [0.1, 0.15) is 0 Å². The van der Waals surface area contributed by atoms with E-state index in [-0.39, 0.29) is 10.5 Å². The highest BCUT2D eigenvalue weighted by atomic mass is 32.2. The van der Waals surface area contributed by atoms with Crippen molar-refractivity contribution in [2.24, 2.45) is 0 Å². The Bertz CT molecular complexity index is 372. The summed E-state index contributed by atoms with van der Waals surface area (Å²) in [5.41, 5.74) is 2.11. The van der Waals surface area contributed by atoms with Crippen molar-refractivity contribution in [1.29, 1.82) is 0 Å². The molecule has 1 aromatic rings. The first-order chi connectivity index (χ1) is 7.54. The molecule has 3 heteroatoms. The Morgan fingerprint density at radius 1 is 1.44 bits per heavy atom. The first-order valence-electron chi connectivity index (χ1n) is 5.18. The molecule has 0 heterocycles. The zero-order valence-electron chi connectivity index (χ0n) is 9.93. The Morgan fingerprint density at radius 2 is 2.00 bits per heavy atom. The van der Waals surface area contributed by atoms with Gasteiger partial charge in [0.2, 0.25) is 0 Å². The summed E-state index contributed by atoms with van der Waals surface area (Å²) in [6.07, 6.45) is 1.77. The van der Waals surface area contributed by atoms with Gasteiger partial charge in [-0.3, -0.25) is 4.79 Å². The molecule has 0 aliphatic carbocycles. The van der Waals surface area contributed by atoms with Crippen LogP contribution in [0.3, 0.4) is 0 Å². The number of anilines is 1. The predicted molar refractivity (Wildman–Crippen MR) is 72.2 cm³/mol. The summed E-state index contributed by atoms with van der Waals surface area (Å²) in [5.74, 6) is 0. The van der Waals surface area contributed by atoms with Crippen molar-refractivity contribution in [3.05, 3.63) is 42.5 Å². The lowest BCUT2D eigenvalue weighted by atomic mass is 10.2. The van der Waals surface area contributed by atoms with Gasteiger partial charge in [-0.1, -0.05) is 35.5 Å². The van der Waals surface area contributed by atoms with Crippen molar-refractivity contribution < 1.29 is 4.79 Å². The first-order valence-corrected chi connectivity index (χ1v) is 6.06. The summed E-state index contributed by atoms with van der Waals surface area (Å²) in [7, 11) is 1.79. The largest absolute Gasteiger partial charge is 0.306 e. The molecule has 0 bridgehead atoms. The number of hydrogen-bond donors (Lipinski definition) is 0. The van der Waals surface area contributed by atoms with Crippen LogP contribution in [0.15, 0.2) is 36.9 Å². The van der Waals surface area contributed by atoms with E-state index in [4.69, 9.17) is 0 Å². The molecule has 1 aromatic carbocycles. The highest BCUT2D eigenvalue weighted by Gasteiger charge is 2.13. The van der Waals surface area contributed by atoms with E-state index in [1.165, 1.54) is 17.3 Å². The molecular formula is C13H17NOS. The average molecular weight is 235 g/mol. The van der Waals surface area contributed by atoms with Crippen molar-refractivity contribution in [2.45, 2.75) is 19.1 Å². The van der Waals surface area contributed by atoms with Crippen LogP contribution in [-0.2, 0) is 0 Å². The van der Waals surface area contributed by atoms with Gasteiger partial charge in [0.25, 0.3) is 5.24 Å². The van der Waals surface area contributed by atoms with Gasteiger partial charge < -0.3 is 4.90 Å². The zero-order chi connectivity index (χ0) is 12.1. The molecule has 0 radical (unpaired) electrons. The number of hydrogen-bond acceptors (Lipinski definition) is 2. The van der Waals surface area contributed by atoms with E-state index in [1.54, 1.807) is 18.0 Å². The number of rotatable bonds is 3. The molecule has 1 rings (SSSR count). The molecule has 0 spiro atoms. The number of nitrogens with zero attached hydrogens (tertiary/aromatic N) is 1. The Kier molecular flexibility index (Phi) is 4.62. The van der Waals surface area contributed by atoms with Crippen LogP contribution < -0.4 is 4.90 Å². The number of carbonyl (C=O) groups excluding carboxylic acids is 1. The molecule has 0 saturated heterocycles. The zero-order valence-corrected chi connectivity index (χ0v) is 10.8. The molecule has 2 nitrogen and oxygen atoms in total. The van der Waals surface area contributed by atoms with Gasteiger partial charge in [0.15, 0.2) is 0 Å². The van der Waals surface area contributed by atoms with Crippen LogP contribution in [0.2, 0.25) is 0 Å². The number of amides is 1. The standard InChI is InChI=1S/C13H17NOS/c1-5-11(3)16-13(15)14(4)12-8-6-10(2)7-9-12/h5-9,11H,1H2,2-4H3. The van der Waals surface area contributed by atoms with Gasteiger partial charge in [-0.05, 0) is 26.0 Å². The Hall–Kier alpha value is -1.22. The molecular weight excluding hydrogens is 218 g/mol. The second-order valence-corrected chi connectivity index (χ2v) is 5.05. The van der Waals surface area contributed by atoms with E-state index in [0.717, 1.165) is 5.69 Å². The van der Waals surface area contributed by atoms with Crippen LogP contribution in [-0.4, -0.2) is 17.5 Å². The highest BCUT2D eigenvalue weighted by Crippen LogP contribution is 2.21. The van der Waals surface area contributed by atoms with E-state index in [9.17, 15) is 4.79 Å². The molecule has 0 aliphatic rings. The molecule has 16 heavy (non-hydrogen) atoms. The smallest absolute Gasteiger partial charge is 0.286 e. The second kappa shape index (κ2) is 5.75. The summed E-state index contributed by atoms with van der Waals surface area (Å²) in [6, 6.07) is 7.90. The Morgan fingerprint density at radius 3 is 2.50 bits per heavy atom. The minimum atomic E-state index is 0.0382. The third-order valence-corrected chi connectivity index (χ3v) is 3.35. The molecule has 1 atom stereocenters. The van der Waals surface area contributed by atoms with Crippen molar-refractivity contribution in [2.75, 3.05) is 11.9 Å². The van der Waals surface area contributed by atoms with E-state index in [0.29, 0.717) is 0 Å². The topological polar surface area (TPSA) is 20.3 Å². The van der Waals surface area contributed by atoms with E-state index in [1.807, 2.05) is 38.1 Å². The van der Waals surface area contributed by atoms with Crippen LogP contribution in [0.5, 0.6) is 0 Å². The van der Waals surface area contributed by atoms with Crippen LogP contribution in [0, 0.1) is 6.92 Å². The van der Waals surface area contributed by atoms with Crippen LogP contribution in [0.4, 0.5) is 10.5 Å². The second-order valence-electron chi connectivity index (χ2n) is 3.72. The van der Waals surface area contributed by atoms with Gasteiger partial charge in [0, 0.05) is 18.0 Å². The summed E-state index contributed by atoms with van der Waals surface area (Å²) in [4.78, 5) is 13.5. The summed E-state index contributed by atoms with van der Waals surface area (Å²) < 4.78 is 0. The minimum absolute atomic E-state index is 0.0382. The summed E-state index contributed by atoms with van der Waals surface area (Å²) >= 11 is 1.28. The summed E-state index contributed by atoms with van der Waals surface area (Å²) in [5, 5.41) is 0.177. The van der Waals surface area contributed by atoms with Gasteiger partial charge in [-0.2, -0.15) is 0 Å². The number of carbonyl (C=O) groups is 1. The molecule has 0 fully saturated rings. The molecule has 0 saturated carbocycles. The van der Waals surface area contributed by atoms with Crippen molar-refractivity contribution in [3.8, 4) is 0 Å². The Balaban J connectivity index is 2.70. The van der Waals surface area contributed by atoms with Gasteiger partial charge >= 0.3 is 0 Å². The van der Waals surface area contributed by atoms with E-state index >= 15 is 0 Å². The van der Waals surface area contributed by atoms with Crippen molar-refractivity contribution in [1.82, 2.24) is 0 Å². The number of aryl methyl sites for hydroxylation is 1. The maximum absolute atomic E-state index is 11.8. The van der Waals surface area contributed by atoms with Crippen LogP contribution >= 0.6 is 11.8 Å². The predicted octanol–water partition coefficient (Wildman–Crippen LogP) is 3.86. The molecule has 86 valence electrons. The number of benzene rings is 1. The lowest BCUT2D eigenvalue weighted by molar-refractivity contribution is 0.266. The summed E-state index contributed by atoms with van der Waals surface area (Å²) in [6.45, 7) is 7.65. The molecule has 0 aromatic heterocycles. The Labute approximate surface area is 101 Å². The fraction of sp³-hybridized carbons (Fsp3) is 0.308. The lowest BCUT2D eigenvalue weighted by Crippen LogP contribution is -2.23. The number of thioether (sulfide) groups is 1. The first kappa shape index (κ1) is 12.8. The van der Waals surface area contributed by atoms with E-state index < -0.39 is 0 Å². The van der Waals surface area contributed by atoms with Crippen LogP contribution in [0.25, 0.3) is 0 Å². The average Bonchev–Trinajstić information content (AvgIpc) is 2.28. The highest BCUT2D eigenvalue weighted by molar-refractivity contribution is 8.14. The normalized spacial score (nSPS) is 11.9. The molecule has 0 aliphatic heterocycles. The third kappa shape index (κ3) is 3.42. The van der Waals surface area contributed by atoms with Crippen molar-refractivity contribution in [3.63, 3.8) is 0 Å². The fourth-order valence-electron chi connectivity index (χ4n) is 1.16. The van der Waals surface area contributed by atoms with Gasteiger partial charge in [0.05, 0.1) is 0 Å².